The van der Waals surface area contributed by atoms with Crippen LogP contribution in [-0.4, -0.2) is 36.3 Å². The monoisotopic (exact) mass is 236 g/mol. The van der Waals surface area contributed by atoms with Crippen LogP contribution in [0.5, 0.6) is 0 Å². The summed E-state index contributed by atoms with van der Waals surface area (Å²) in [6.07, 6.45) is -0.775. The van der Waals surface area contributed by atoms with Crippen LogP contribution in [0.15, 0.2) is 0 Å². The molecule has 0 aromatic rings. The third-order valence-corrected chi connectivity index (χ3v) is 2.21. The molecule has 6 heteroatoms. The highest BCUT2D eigenvalue weighted by atomic mass is 35.5. The molecule has 0 radical (unpaired) electrons. The van der Waals surface area contributed by atoms with Crippen LogP contribution in [0.1, 0.15) is 20.3 Å². The first-order valence-electron chi connectivity index (χ1n) is 4.59. The summed E-state index contributed by atoms with van der Waals surface area (Å²) in [7, 11) is 0. The maximum Gasteiger partial charge on any atom is 0.303 e. The molecule has 0 unspecified atom stereocenters. The van der Waals surface area contributed by atoms with E-state index in [0.717, 1.165) is 0 Å². The smallest absolute Gasteiger partial charge is 0.303 e. The van der Waals surface area contributed by atoms with E-state index in [0.29, 0.717) is 6.42 Å². The number of rotatable bonds is 2. The van der Waals surface area contributed by atoms with Crippen molar-refractivity contribution in [1.82, 2.24) is 0 Å². The van der Waals surface area contributed by atoms with Gasteiger partial charge in [0.1, 0.15) is 11.7 Å². The van der Waals surface area contributed by atoms with Crippen LogP contribution < -0.4 is 0 Å². The average molecular weight is 237 g/mol. The second-order valence-electron chi connectivity index (χ2n) is 3.27. The van der Waals surface area contributed by atoms with E-state index in [9.17, 15) is 9.59 Å². The summed E-state index contributed by atoms with van der Waals surface area (Å²) in [5, 5.41) is 0. The Morgan fingerprint density at radius 3 is 2.27 bits per heavy atom. The Balaban J connectivity index is 2.57. The maximum absolute atomic E-state index is 10.8. The van der Waals surface area contributed by atoms with Gasteiger partial charge >= 0.3 is 11.9 Å². The summed E-state index contributed by atoms with van der Waals surface area (Å²) in [5.41, 5.74) is -0.513. The van der Waals surface area contributed by atoms with Crippen molar-refractivity contribution in [3.8, 4) is 0 Å². The van der Waals surface area contributed by atoms with Gasteiger partial charge in [0, 0.05) is 20.3 Å². The largest absolute Gasteiger partial charge is 0.458 e. The number of alkyl halides is 1. The summed E-state index contributed by atoms with van der Waals surface area (Å²) in [6, 6.07) is 0. The first-order valence-corrected chi connectivity index (χ1v) is 5.03. The number of esters is 2. The van der Waals surface area contributed by atoms with Crippen LogP contribution in [-0.2, 0) is 23.8 Å². The summed E-state index contributed by atoms with van der Waals surface area (Å²) >= 11 is 5.74. The molecule has 0 aliphatic carbocycles. The molecule has 0 bridgehead atoms. The highest BCUT2D eigenvalue weighted by molar-refractivity contribution is 6.19. The normalized spacial score (nSPS) is 30.7. The molecule has 1 fully saturated rings. The van der Waals surface area contributed by atoms with Gasteiger partial charge in [-0.25, -0.2) is 0 Å². The number of carbonyl (C=O) groups is 2. The molecule has 0 amide bonds. The van der Waals surface area contributed by atoms with Crippen LogP contribution in [0.2, 0.25) is 0 Å². The number of ether oxygens (including phenoxy) is 3. The van der Waals surface area contributed by atoms with Crippen molar-refractivity contribution in [2.75, 3.05) is 6.61 Å². The minimum absolute atomic E-state index is 0.145. The molecule has 0 spiro atoms. The quantitative estimate of drug-likeness (QED) is 0.525. The molecule has 1 heterocycles. The zero-order valence-corrected chi connectivity index (χ0v) is 9.32. The van der Waals surface area contributed by atoms with Gasteiger partial charge in [0.15, 0.2) is 6.10 Å². The van der Waals surface area contributed by atoms with Gasteiger partial charge < -0.3 is 14.2 Å². The zero-order valence-electron chi connectivity index (χ0n) is 8.57. The summed E-state index contributed by atoms with van der Waals surface area (Å²) in [4.78, 5) is 21.6. The highest BCUT2D eigenvalue weighted by Gasteiger charge is 2.34. The lowest BCUT2D eigenvalue weighted by molar-refractivity contribution is -0.181. The second-order valence-corrected chi connectivity index (χ2v) is 3.76. The van der Waals surface area contributed by atoms with Gasteiger partial charge in [-0.15, -0.1) is 0 Å². The maximum atomic E-state index is 10.8. The first kappa shape index (κ1) is 12.3. The van der Waals surface area contributed by atoms with E-state index in [2.05, 4.69) is 0 Å². The topological polar surface area (TPSA) is 61.8 Å². The van der Waals surface area contributed by atoms with Crippen LogP contribution in [0, 0.1) is 0 Å². The molecule has 86 valence electrons. The Hall–Kier alpha value is -0.810. The van der Waals surface area contributed by atoms with Crippen LogP contribution in [0.25, 0.3) is 0 Å². The highest BCUT2D eigenvalue weighted by Crippen LogP contribution is 2.22. The molecule has 3 atom stereocenters. The van der Waals surface area contributed by atoms with E-state index in [1.807, 2.05) is 0 Å². The molecule has 15 heavy (non-hydrogen) atoms. The van der Waals surface area contributed by atoms with Gasteiger partial charge in [0.05, 0.1) is 6.61 Å². The zero-order chi connectivity index (χ0) is 11.4. The third kappa shape index (κ3) is 4.05. The molecule has 1 rings (SSSR count). The van der Waals surface area contributed by atoms with Crippen molar-refractivity contribution in [1.29, 1.82) is 0 Å². The fourth-order valence-corrected chi connectivity index (χ4v) is 1.62. The third-order valence-electron chi connectivity index (χ3n) is 1.91. The van der Waals surface area contributed by atoms with E-state index < -0.39 is 29.7 Å². The van der Waals surface area contributed by atoms with Gasteiger partial charge in [-0.3, -0.25) is 9.59 Å². The van der Waals surface area contributed by atoms with Crippen molar-refractivity contribution in [3.63, 3.8) is 0 Å². The lowest BCUT2D eigenvalue weighted by Gasteiger charge is -2.32. The van der Waals surface area contributed by atoms with Gasteiger partial charge in [-0.1, -0.05) is 11.6 Å². The van der Waals surface area contributed by atoms with E-state index in [4.69, 9.17) is 25.8 Å². The fourth-order valence-electron chi connectivity index (χ4n) is 1.37. The molecule has 1 aliphatic heterocycles. The minimum Gasteiger partial charge on any atom is -0.458 e. The minimum atomic E-state index is -0.568. The van der Waals surface area contributed by atoms with Crippen molar-refractivity contribution >= 4 is 23.5 Å². The molecule has 1 aliphatic rings. The van der Waals surface area contributed by atoms with Gasteiger partial charge in [0.25, 0.3) is 0 Å². The Labute approximate surface area is 92.6 Å². The summed E-state index contributed by atoms with van der Waals surface area (Å²) in [5.74, 6) is -0.864. The van der Waals surface area contributed by atoms with Gasteiger partial charge in [-0.05, 0) is 0 Å². The van der Waals surface area contributed by atoms with Crippen molar-refractivity contribution < 1.29 is 23.8 Å². The molecular weight excluding hydrogens is 224 g/mol. The van der Waals surface area contributed by atoms with Gasteiger partial charge in [-0.2, -0.15) is 0 Å². The molecule has 0 aromatic carbocycles. The molecule has 0 N–H and O–H groups in total. The number of halogens is 1. The van der Waals surface area contributed by atoms with E-state index in [1.54, 1.807) is 0 Å². The van der Waals surface area contributed by atoms with E-state index >= 15 is 0 Å². The summed E-state index contributed by atoms with van der Waals surface area (Å²) in [6.45, 7) is 2.73. The van der Waals surface area contributed by atoms with Crippen molar-refractivity contribution in [2.24, 2.45) is 0 Å². The van der Waals surface area contributed by atoms with Crippen molar-refractivity contribution in [2.45, 2.75) is 38.0 Å². The predicted octanol–water partition coefficient (Wildman–Crippen LogP) is 0.835. The Bertz CT molecular complexity index is 255. The van der Waals surface area contributed by atoms with Crippen molar-refractivity contribution in [3.05, 3.63) is 0 Å². The fraction of sp³-hybridized carbons (Fsp3) is 0.778. The summed E-state index contributed by atoms with van der Waals surface area (Å²) < 4.78 is 15.0. The molecule has 1 saturated heterocycles. The number of hydrogen-bond donors (Lipinski definition) is 0. The number of hydrogen-bond acceptors (Lipinski definition) is 5. The van der Waals surface area contributed by atoms with E-state index in [-0.39, 0.29) is 6.61 Å². The Kier molecular flexibility index (Phi) is 4.35. The van der Waals surface area contributed by atoms with E-state index in [1.165, 1.54) is 13.8 Å². The standard InChI is InChI=1S/C9H13ClO5/c1-5(11)14-7-3-9(10)13-4-8(7)15-6(2)12/h7-9H,3-4H2,1-2H3/t7-,8+,9-/m0/s1. The average Bonchev–Trinajstić information content (AvgIpc) is 2.08. The Morgan fingerprint density at radius 1 is 1.20 bits per heavy atom. The first-order chi connectivity index (χ1) is 6.99. The second kappa shape index (κ2) is 5.32. The molecule has 0 aromatic heterocycles. The van der Waals surface area contributed by atoms with Crippen LogP contribution in [0.3, 0.4) is 0 Å². The SMILES string of the molecule is CC(=O)O[C@H]1C[C@@H](Cl)OC[C@H]1OC(C)=O. The van der Waals surface area contributed by atoms with Crippen LogP contribution in [0.4, 0.5) is 0 Å². The lowest BCUT2D eigenvalue weighted by atomic mass is 10.1. The molecule has 0 saturated carbocycles. The molecule has 5 nitrogen and oxygen atoms in total. The lowest BCUT2D eigenvalue weighted by Crippen LogP contribution is -2.44. The predicted molar refractivity (Wildman–Crippen MR) is 51.3 cm³/mol. The molecular formula is C9H13ClO5. The Morgan fingerprint density at radius 2 is 1.73 bits per heavy atom. The van der Waals surface area contributed by atoms with Gasteiger partial charge in [0.2, 0.25) is 0 Å². The number of carbonyl (C=O) groups excluding carboxylic acids is 2. The van der Waals surface area contributed by atoms with Crippen LogP contribution >= 0.6 is 11.6 Å².